The van der Waals surface area contributed by atoms with Crippen molar-refractivity contribution < 1.29 is 4.79 Å². The Kier molecular flexibility index (Phi) is 3.24. The van der Waals surface area contributed by atoms with Crippen molar-refractivity contribution in [2.45, 2.75) is 13.0 Å². The van der Waals surface area contributed by atoms with Gasteiger partial charge in [0, 0.05) is 11.1 Å². The molecule has 0 saturated carbocycles. The van der Waals surface area contributed by atoms with Crippen molar-refractivity contribution in [3.63, 3.8) is 0 Å². The van der Waals surface area contributed by atoms with Gasteiger partial charge in [0.05, 0.1) is 6.04 Å². The minimum atomic E-state index is -0.167. The van der Waals surface area contributed by atoms with Crippen molar-refractivity contribution in [3.8, 4) is 11.8 Å². The summed E-state index contributed by atoms with van der Waals surface area (Å²) in [5.41, 5.74) is 6.81. The van der Waals surface area contributed by atoms with Crippen molar-refractivity contribution >= 4 is 6.29 Å². The molecule has 66 valence electrons. The molecule has 0 spiro atoms. The van der Waals surface area contributed by atoms with Crippen molar-refractivity contribution in [1.82, 2.24) is 0 Å². The van der Waals surface area contributed by atoms with Crippen LogP contribution in [0.2, 0.25) is 0 Å². The van der Waals surface area contributed by atoms with E-state index < -0.39 is 0 Å². The Morgan fingerprint density at radius 2 is 2.15 bits per heavy atom. The lowest BCUT2D eigenvalue weighted by Crippen LogP contribution is -2.11. The molecule has 0 saturated heterocycles. The zero-order valence-corrected chi connectivity index (χ0v) is 7.45. The van der Waals surface area contributed by atoms with Crippen molar-refractivity contribution in [2.24, 2.45) is 5.73 Å². The lowest BCUT2D eigenvalue weighted by Gasteiger charge is -1.94. The van der Waals surface area contributed by atoms with Gasteiger partial charge in [-0.2, -0.15) is 0 Å². The zero-order valence-electron chi connectivity index (χ0n) is 7.45. The first-order chi connectivity index (χ1) is 6.24. The summed E-state index contributed by atoms with van der Waals surface area (Å²) in [6.45, 7) is 1.80. The maximum Gasteiger partial charge on any atom is 0.151 e. The second-order valence-corrected chi connectivity index (χ2v) is 2.76. The highest BCUT2D eigenvalue weighted by atomic mass is 16.1. The first kappa shape index (κ1) is 9.50. The minimum Gasteiger partial charge on any atom is -0.318 e. The molecule has 2 heteroatoms. The normalized spacial score (nSPS) is 11.2. The van der Waals surface area contributed by atoms with Gasteiger partial charge in [0.2, 0.25) is 0 Å². The molecule has 1 aromatic rings. The molecule has 2 N–H and O–H groups in total. The molecule has 0 amide bonds. The van der Waals surface area contributed by atoms with Gasteiger partial charge in [-0.25, -0.2) is 0 Å². The van der Waals surface area contributed by atoms with Crippen molar-refractivity contribution in [1.29, 1.82) is 0 Å². The van der Waals surface area contributed by atoms with Crippen LogP contribution in [0.25, 0.3) is 0 Å². The fourth-order valence-electron chi connectivity index (χ4n) is 0.905. The van der Waals surface area contributed by atoms with Crippen LogP contribution in [0, 0.1) is 11.8 Å². The van der Waals surface area contributed by atoms with Crippen LogP contribution in [0.4, 0.5) is 0 Å². The van der Waals surface area contributed by atoms with Crippen LogP contribution in [-0.4, -0.2) is 12.3 Å². The number of hydrogen-bond acceptors (Lipinski definition) is 2. The summed E-state index contributed by atoms with van der Waals surface area (Å²) in [7, 11) is 0. The molecule has 1 atom stereocenters. The van der Waals surface area contributed by atoms with E-state index in [0.717, 1.165) is 11.8 Å². The predicted molar refractivity (Wildman–Crippen MR) is 52.4 cm³/mol. The molecule has 1 aromatic carbocycles. The van der Waals surface area contributed by atoms with Crippen LogP contribution in [0.3, 0.4) is 0 Å². The molecule has 0 aliphatic carbocycles. The van der Waals surface area contributed by atoms with Crippen LogP contribution < -0.4 is 5.73 Å². The maximum absolute atomic E-state index is 10.6. The van der Waals surface area contributed by atoms with Gasteiger partial charge in [-0.15, -0.1) is 0 Å². The van der Waals surface area contributed by atoms with E-state index in [2.05, 4.69) is 11.8 Å². The number of rotatable bonds is 1. The summed E-state index contributed by atoms with van der Waals surface area (Å²) in [6, 6.07) is 7.02. The average molecular weight is 173 g/mol. The van der Waals surface area contributed by atoms with Gasteiger partial charge in [-0.1, -0.05) is 30.0 Å². The zero-order chi connectivity index (χ0) is 9.68. The number of carbonyl (C=O) groups excluding carboxylic acids is 1. The second kappa shape index (κ2) is 4.44. The highest BCUT2D eigenvalue weighted by Crippen LogP contribution is 2.03. The summed E-state index contributed by atoms with van der Waals surface area (Å²) in [4.78, 5) is 10.6. The van der Waals surface area contributed by atoms with Gasteiger partial charge < -0.3 is 5.73 Å². The predicted octanol–water partition coefficient (Wildman–Crippen LogP) is 1.20. The third kappa shape index (κ3) is 2.73. The third-order valence-electron chi connectivity index (χ3n) is 1.52. The first-order valence-corrected chi connectivity index (χ1v) is 4.05. The van der Waals surface area contributed by atoms with E-state index in [-0.39, 0.29) is 6.04 Å². The molecule has 0 bridgehead atoms. The van der Waals surface area contributed by atoms with Crippen LogP contribution in [0.15, 0.2) is 24.3 Å². The van der Waals surface area contributed by atoms with Crippen molar-refractivity contribution in [2.75, 3.05) is 0 Å². The van der Waals surface area contributed by atoms with E-state index in [1.165, 1.54) is 0 Å². The average Bonchev–Trinajstić information content (AvgIpc) is 2.15. The number of nitrogens with two attached hydrogens (primary N) is 1. The van der Waals surface area contributed by atoms with Crippen LogP contribution in [-0.2, 0) is 0 Å². The highest BCUT2D eigenvalue weighted by molar-refractivity contribution is 5.79. The van der Waals surface area contributed by atoms with Gasteiger partial charge in [0.1, 0.15) is 0 Å². The summed E-state index contributed by atoms with van der Waals surface area (Å²) < 4.78 is 0. The van der Waals surface area contributed by atoms with E-state index in [1.807, 2.05) is 6.07 Å². The Labute approximate surface area is 77.8 Å². The largest absolute Gasteiger partial charge is 0.318 e. The third-order valence-corrected chi connectivity index (χ3v) is 1.52. The Bertz CT molecular complexity index is 358. The fourth-order valence-corrected chi connectivity index (χ4v) is 0.905. The van der Waals surface area contributed by atoms with Gasteiger partial charge in [0.15, 0.2) is 6.29 Å². The Morgan fingerprint density at radius 1 is 1.46 bits per heavy atom. The Morgan fingerprint density at radius 3 is 2.77 bits per heavy atom. The lowest BCUT2D eigenvalue weighted by atomic mass is 10.1. The topological polar surface area (TPSA) is 43.1 Å². The monoisotopic (exact) mass is 173 g/mol. The van der Waals surface area contributed by atoms with E-state index in [9.17, 15) is 4.79 Å². The molecule has 13 heavy (non-hydrogen) atoms. The molecule has 1 rings (SSSR count). The van der Waals surface area contributed by atoms with E-state index in [0.29, 0.717) is 5.56 Å². The minimum absolute atomic E-state index is 0.167. The number of aldehydes is 1. The summed E-state index contributed by atoms with van der Waals surface area (Å²) in [5.74, 6) is 5.66. The molecule has 0 aliphatic rings. The summed E-state index contributed by atoms with van der Waals surface area (Å²) in [5, 5.41) is 0. The van der Waals surface area contributed by atoms with Crippen LogP contribution in [0.5, 0.6) is 0 Å². The van der Waals surface area contributed by atoms with Gasteiger partial charge >= 0.3 is 0 Å². The molecule has 2 nitrogen and oxygen atoms in total. The van der Waals surface area contributed by atoms with E-state index in [4.69, 9.17) is 5.73 Å². The summed E-state index contributed by atoms with van der Waals surface area (Å²) >= 11 is 0. The number of benzene rings is 1. The van der Waals surface area contributed by atoms with Crippen LogP contribution in [0.1, 0.15) is 22.8 Å². The van der Waals surface area contributed by atoms with Gasteiger partial charge in [-0.05, 0) is 13.0 Å². The molecule has 0 radical (unpaired) electrons. The van der Waals surface area contributed by atoms with E-state index in [1.54, 1.807) is 25.1 Å². The fraction of sp³-hybridized carbons (Fsp3) is 0.182. The Balaban J connectivity index is 3.02. The molecule has 0 aliphatic heterocycles. The maximum atomic E-state index is 10.6. The molecule has 0 fully saturated rings. The molecular weight excluding hydrogens is 162 g/mol. The second-order valence-electron chi connectivity index (χ2n) is 2.76. The smallest absolute Gasteiger partial charge is 0.151 e. The molecular formula is C11H11NO. The first-order valence-electron chi connectivity index (χ1n) is 4.05. The van der Waals surface area contributed by atoms with E-state index >= 15 is 0 Å². The lowest BCUT2D eigenvalue weighted by molar-refractivity contribution is 0.112. The highest BCUT2D eigenvalue weighted by Gasteiger charge is 1.95. The SMILES string of the molecule is C[C@@H](N)C#Cc1ccccc1C=O. The van der Waals surface area contributed by atoms with Crippen molar-refractivity contribution in [3.05, 3.63) is 35.4 Å². The van der Waals surface area contributed by atoms with Gasteiger partial charge in [-0.3, -0.25) is 4.79 Å². The van der Waals surface area contributed by atoms with Gasteiger partial charge in [0.25, 0.3) is 0 Å². The number of carbonyl (C=O) groups is 1. The Hall–Kier alpha value is -1.59. The quantitative estimate of drug-likeness (QED) is 0.512. The molecule has 0 unspecified atom stereocenters. The number of hydrogen-bond donors (Lipinski definition) is 1. The molecule has 0 aromatic heterocycles. The standard InChI is InChI=1S/C11H11NO/c1-9(12)6-7-10-4-2-3-5-11(10)8-13/h2-5,8-9H,12H2,1H3/t9-/m1/s1. The molecule has 0 heterocycles. The van der Waals surface area contributed by atoms with Crippen LogP contribution >= 0.6 is 0 Å². The summed E-state index contributed by atoms with van der Waals surface area (Å²) in [6.07, 6.45) is 0.797.